The zero-order valence-electron chi connectivity index (χ0n) is 74.1. The summed E-state index contributed by atoms with van der Waals surface area (Å²) in [6.07, 6.45) is -1.96. The van der Waals surface area contributed by atoms with E-state index in [0.29, 0.717) is 92.3 Å². The molecule has 9 aliphatic heterocycles. The Labute approximate surface area is 769 Å². The standard InChI is InChI=1S/C30H38F2O13S.C29H36F2O13S.C28H34F2O13S/c1-11(2)29(8-15-7-16(29)20-14-5-4-13(6-14)19(15)20)45-28(36)22-21-23-26(44-27(21)35)25(24(22)43-23)42-18(34)10-40-9-17(33)41-12(3)30(31,32)46(37,38)39;1-3-28(8-14-7-15(28)19-13-5-4-12(6-13)18(14)19)44-27(35)21-20-22-25(43-26(20)34)24(23(21)42-22)41-17(33)10-39-9-16(32)40-11(2)29(30,31)45(36,37)38;1-10(28(29,30)44(35,36)37)39-15(31)8-38-9-16(32)40-23-22-20(19-21(41-22)24(23)42-25(19)33)26(34)43-27(2)7-13-6-14(27)18-12-4-3-11(5-12)17(13)18/h11-16,19-26H,4-10H2,1-3H3,(H,37,38,39);11-15,18-25H,3-10H2,1-2H3,(H,36,37,38);10-14,17-24H,3-9H2,1-2H3,(H,35,36,37)/p-3. The van der Waals surface area contributed by atoms with Crippen molar-refractivity contribution in [2.45, 2.75) is 275 Å². The van der Waals surface area contributed by atoms with Crippen LogP contribution in [0.15, 0.2) is 0 Å². The molecule has 12 saturated carbocycles. The molecule has 0 aromatic heterocycles. The van der Waals surface area contributed by atoms with Crippen LogP contribution in [-0.4, -0.2) is 274 Å². The third-order valence-corrected chi connectivity index (χ3v) is 38.3. The summed E-state index contributed by atoms with van der Waals surface area (Å²) in [6, 6.07) is 0. The van der Waals surface area contributed by atoms with Crippen molar-refractivity contribution in [3.63, 3.8) is 0 Å². The van der Waals surface area contributed by atoms with Crippen molar-refractivity contribution >= 4 is 102 Å². The van der Waals surface area contributed by atoms with Crippen LogP contribution >= 0.6 is 0 Å². The van der Waals surface area contributed by atoms with E-state index in [9.17, 15) is 123 Å². The first-order chi connectivity index (χ1) is 63.3. The molecule has 9 saturated heterocycles. The molecule has 135 heavy (non-hydrogen) atoms. The van der Waals surface area contributed by atoms with Gasteiger partial charge in [0.15, 0.2) is 85.3 Å². The van der Waals surface area contributed by atoms with Crippen LogP contribution in [-0.2, 0) is 173 Å². The van der Waals surface area contributed by atoms with Gasteiger partial charge in [0, 0.05) is 17.8 Å². The highest BCUT2D eigenvalue weighted by Crippen LogP contribution is 2.75. The van der Waals surface area contributed by atoms with Crippen LogP contribution < -0.4 is 0 Å². The molecule has 21 fully saturated rings. The van der Waals surface area contributed by atoms with Crippen LogP contribution in [0.25, 0.3) is 0 Å². The summed E-state index contributed by atoms with van der Waals surface area (Å²) in [5.41, 5.74) is -1.90. The molecular weight excluding hydrogens is 1880 g/mol. The van der Waals surface area contributed by atoms with Crippen molar-refractivity contribution in [3.8, 4) is 0 Å². The summed E-state index contributed by atoms with van der Waals surface area (Å²) in [6.45, 7) is 4.01. The largest absolute Gasteiger partial charge is 0.743 e. The Morgan fingerprint density at radius 2 is 0.674 bits per heavy atom. The number of alkyl halides is 6. The van der Waals surface area contributed by atoms with Gasteiger partial charge in [0.05, 0.1) is 0 Å². The van der Waals surface area contributed by atoms with Gasteiger partial charge >= 0.3 is 87.4 Å². The molecule has 21 rings (SSSR count). The Hall–Kier alpha value is -7.29. The number of carbonyl (C=O) groups is 12. The smallest absolute Gasteiger partial charge is 0.370 e. The molecule has 48 heteroatoms. The normalized spacial score (nSPS) is 44.2. The molecule has 0 amide bonds. The molecule has 39 nitrogen and oxygen atoms in total. The van der Waals surface area contributed by atoms with Gasteiger partial charge in [0.2, 0.25) is 0 Å². The summed E-state index contributed by atoms with van der Waals surface area (Å²) in [5, 5.41) is -14.6. The van der Waals surface area contributed by atoms with Crippen molar-refractivity contribution in [2.75, 3.05) is 39.6 Å². The van der Waals surface area contributed by atoms with Crippen LogP contribution in [0.5, 0.6) is 0 Å². The number of fused-ring (bicyclic) bond motifs is 30. The number of ether oxygens (including phenoxy) is 18. The Kier molecular flexibility index (Phi) is 24.3. The highest BCUT2D eigenvalue weighted by atomic mass is 32.2. The number of hydrogen-bond acceptors (Lipinski definition) is 39. The summed E-state index contributed by atoms with van der Waals surface area (Å²) in [7, 11) is -18.3. The van der Waals surface area contributed by atoms with Gasteiger partial charge in [-0.2, -0.15) is 26.3 Å². The topological polar surface area (TPSA) is 543 Å². The van der Waals surface area contributed by atoms with E-state index in [1.807, 2.05) is 13.8 Å². The minimum Gasteiger partial charge on any atom is -0.743 e. The fraction of sp³-hybridized carbons (Fsp3) is 0.862. The Balaban J connectivity index is 0.000000130. The lowest BCUT2D eigenvalue weighted by Gasteiger charge is -2.48. The fourth-order valence-corrected chi connectivity index (χ4v) is 31.9. The summed E-state index contributed by atoms with van der Waals surface area (Å²) in [5.74, 6) is -6.20. The predicted molar refractivity (Wildman–Crippen MR) is 419 cm³/mol. The second-order valence-corrected chi connectivity index (χ2v) is 46.2. The van der Waals surface area contributed by atoms with Gasteiger partial charge < -0.3 is 98.9 Å². The van der Waals surface area contributed by atoms with Crippen molar-refractivity contribution in [2.24, 2.45) is 148 Å². The molecular formula is C87H105F6O39S3-3. The van der Waals surface area contributed by atoms with E-state index in [4.69, 9.17) is 71.1 Å². The molecule has 0 aromatic rings. The Bertz CT molecular complexity index is 5220. The van der Waals surface area contributed by atoms with Crippen molar-refractivity contribution in [3.05, 3.63) is 0 Å². The Morgan fingerprint density at radius 1 is 0.378 bits per heavy atom. The highest BCUT2D eigenvalue weighted by Gasteiger charge is 2.79. The first-order valence-corrected chi connectivity index (χ1v) is 50.7. The molecule has 0 radical (unpaired) electrons. The van der Waals surface area contributed by atoms with Gasteiger partial charge in [0.1, 0.15) is 129 Å². The van der Waals surface area contributed by atoms with Crippen LogP contribution in [0.1, 0.15) is 151 Å². The zero-order chi connectivity index (χ0) is 96.8. The highest BCUT2D eigenvalue weighted by molar-refractivity contribution is 7.87. The molecule has 0 N–H and O–H groups in total. The maximum Gasteiger partial charge on any atom is 0.370 e. The second kappa shape index (κ2) is 34.0. The zero-order valence-corrected chi connectivity index (χ0v) is 76.5. The van der Waals surface area contributed by atoms with Gasteiger partial charge in [-0.1, -0.05) is 20.8 Å². The van der Waals surface area contributed by atoms with Crippen molar-refractivity contribution in [1.29, 1.82) is 0 Å². The maximum atomic E-state index is 14.0. The van der Waals surface area contributed by atoms with Crippen LogP contribution in [0.2, 0.25) is 0 Å². The SMILES string of the molecule is CC(C)C1(OC(=O)C2C3OC4C(OC(=O)C42)C3OC(=O)COCC(=O)OC(C)C(F)(F)S(=O)(=O)[O-])CC2CC1C1C3CCC(C3)C21.CC(OC(=O)COCC(=O)OC1C2OC(=O)C3C2OC1C3C(=O)OC1(C)CC2CC1C1C3CCC(C3)C21)C(F)(F)S(=O)(=O)[O-].CCC1(OC(=O)C2C3OC4C(OC(=O)C42)C3OC(=O)COCC(=O)OC(C)C(F)(F)S(=O)(=O)[O-])CC2CC1C1C3CCC(C3)C21. The molecule has 750 valence electrons. The number of carbonyl (C=O) groups excluding carboxylic acids is 12. The second-order valence-electron chi connectivity index (χ2n) is 41.8. The van der Waals surface area contributed by atoms with Gasteiger partial charge in [0.25, 0.3) is 0 Å². The molecule has 21 aliphatic rings. The van der Waals surface area contributed by atoms with Crippen molar-refractivity contribution in [1.82, 2.24) is 0 Å². The van der Waals surface area contributed by atoms with E-state index in [1.165, 1.54) is 57.8 Å². The van der Waals surface area contributed by atoms with Crippen molar-refractivity contribution < 1.29 is 208 Å². The minimum absolute atomic E-state index is 0.0608. The van der Waals surface area contributed by atoms with Gasteiger partial charge in [-0.15, -0.1) is 0 Å². The van der Waals surface area contributed by atoms with Gasteiger partial charge in [-0.3, -0.25) is 28.8 Å². The number of hydrogen-bond donors (Lipinski definition) is 0. The predicted octanol–water partition coefficient (Wildman–Crippen LogP) is 3.81. The van der Waals surface area contributed by atoms with Crippen LogP contribution in [0.4, 0.5) is 26.3 Å². The van der Waals surface area contributed by atoms with Gasteiger partial charge in [-0.25, -0.2) is 54.0 Å². The molecule has 42 atom stereocenters. The van der Waals surface area contributed by atoms with E-state index >= 15 is 0 Å². The lowest BCUT2D eigenvalue weighted by molar-refractivity contribution is -0.191. The lowest BCUT2D eigenvalue weighted by atomic mass is 9.63. The molecule has 0 aromatic carbocycles. The Morgan fingerprint density at radius 3 is 1.02 bits per heavy atom. The summed E-state index contributed by atoms with van der Waals surface area (Å²) >= 11 is 0. The molecule has 42 unspecified atom stereocenters. The van der Waals surface area contributed by atoms with E-state index in [-0.39, 0.29) is 23.7 Å². The number of halogens is 6. The third-order valence-electron chi connectivity index (χ3n) is 35.3. The molecule has 0 spiro atoms. The van der Waals surface area contributed by atoms with E-state index in [0.717, 1.165) is 62.2 Å². The third kappa shape index (κ3) is 15.6. The van der Waals surface area contributed by atoms with E-state index in [2.05, 4.69) is 28.1 Å². The van der Waals surface area contributed by atoms with E-state index < -0.39 is 301 Å². The monoisotopic (exact) mass is 1980 g/mol. The average Bonchev–Trinajstić information content (AvgIpc) is 1.52. The van der Waals surface area contributed by atoms with Gasteiger partial charge in [-0.05, 0) is 225 Å². The van der Waals surface area contributed by atoms with E-state index in [1.54, 1.807) is 0 Å². The number of rotatable bonds is 32. The fourth-order valence-electron chi connectivity index (χ4n) is 30.6. The quantitative estimate of drug-likeness (QED) is 0.0304. The first kappa shape index (κ1) is 96.6. The van der Waals surface area contributed by atoms with Crippen LogP contribution in [0, 0.1) is 148 Å². The van der Waals surface area contributed by atoms with Crippen LogP contribution in [0.3, 0.4) is 0 Å². The lowest BCUT2D eigenvalue weighted by Crippen LogP contribution is -2.54. The first-order valence-electron chi connectivity index (χ1n) is 46.5. The maximum absolute atomic E-state index is 14.0. The summed E-state index contributed by atoms with van der Waals surface area (Å²) in [4.78, 5) is 153. The number of esters is 12. The minimum atomic E-state index is -6.10. The summed E-state index contributed by atoms with van der Waals surface area (Å²) < 4.78 is 274. The molecule has 12 aliphatic carbocycles. The average molecular weight is 1980 g/mol. The molecule has 9 heterocycles. The molecule has 18 bridgehead atoms.